The topological polar surface area (TPSA) is 29.1 Å². The molecule has 7 heteroatoms. The summed E-state index contributed by atoms with van der Waals surface area (Å²) in [5.74, 6) is -1.36. The monoisotopic (exact) mass is 331 g/mol. The average molecular weight is 332 g/mol. The summed E-state index contributed by atoms with van der Waals surface area (Å²) in [6, 6.07) is 9.00. The van der Waals surface area contributed by atoms with Crippen molar-refractivity contribution in [2.24, 2.45) is 0 Å². The van der Waals surface area contributed by atoms with E-state index in [0.717, 1.165) is 12.1 Å². The summed E-state index contributed by atoms with van der Waals surface area (Å²) in [6.45, 7) is 0. The van der Waals surface area contributed by atoms with Crippen LogP contribution < -0.4 is 5.32 Å². The Hall–Kier alpha value is -2.08. The van der Waals surface area contributed by atoms with Gasteiger partial charge in [-0.15, -0.1) is 0 Å². The first kappa shape index (κ1) is 16.3. The molecule has 0 spiro atoms. The number of carbonyl (C=O) groups excluding carboxylic acids is 1. The van der Waals surface area contributed by atoms with Crippen molar-refractivity contribution in [1.82, 2.24) is 0 Å². The van der Waals surface area contributed by atoms with E-state index >= 15 is 0 Å². The predicted molar refractivity (Wildman–Crippen MR) is 75.2 cm³/mol. The fourth-order valence-electron chi connectivity index (χ4n) is 1.93. The Labute approximate surface area is 128 Å². The van der Waals surface area contributed by atoms with Gasteiger partial charge in [-0.1, -0.05) is 35.9 Å². The first-order valence-corrected chi connectivity index (χ1v) is 6.56. The van der Waals surface area contributed by atoms with Crippen LogP contribution in [0.15, 0.2) is 42.5 Å². The quantitative estimate of drug-likeness (QED) is 0.813. The lowest BCUT2D eigenvalue weighted by atomic mass is 10.1. The van der Waals surface area contributed by atoms with Crippen molar-refractivity contribution >= 4 is 23.2 Å². The van der Waals surface area contributed by atoms with Crippen molar-refractivity contribution in [2.45, 2.75) is 12.6 Å². The SMILES string of the molecule is O=C(Cc1ccccc1F)Nc1cccc(Cl)c1C(F)(F)F. The second kappa shape index (κ2) is 6.36. The zero-order valence-corrected chi connectivity index (χ0v) is 11.8. The maximum atomic E-state index is 13.4. The molecule has 0 heterocycles. The molecule has 0 saturated carbocycles. The number of carbonyl (C=O) groups is 1. The summed E-state index contributed by atoms with van der Waals surface area (Å²) in [4.78, 5) is 11.8. The summed E-state index contributed by atoms with van der Waals surface area (Å²) in [6.07, 6.45) is -5.09. The molecule has 0 unspecified atom stereocenters. The molecule has 0 fully saturated rings. The Bertz CT molecular complexity index is 700. The number of amides is 1. The van der Waals surface area contributed by atoms with Gasteiger partial charge in [-0.05, 0) is 23.8 Å². The van der Waals surface area contributed by atoms with Gasteiger partial charge in [-0.3, -0.25) is 4.79 Å². The van der Waals surface area contributed by atoms with Crippen molar-refractivity contribution in [3.63, 3.8) is 0 Å². The molecular formula is C15H10ClF4NO. The minimum atomic E-state index is -4.71. The third-order valence-corrected chi connectivity index (χ3v) is 3.19. The van der Waals surface area contributed by atoms with Crippen LogP contribution in [0.5, 0.6) is 0 Å². The summed E-state index contributed by atoms with van der Waals surface area (Å²) in [7, 11) is 0. The lowest BCUT2D eigenvalue weighted by Gasteiger charge is -2.15. The molecule has 2 aromatic carbocycles. The normalized spacial score (nSPS) is 11.3. The maximum absolute atomic E-state index is 13.4. The molecule has 1 amide bonds. The van der Waals surface area contributed by atoms with Crippen LogP contribution in [0.2, 0.25) is 5.02 Å². The van der Waals surface area contributed by atoms with Crippen molar-refractivity contribution in [3.8, 4) is 0 Å². The van der Waals surface area contributed by atoms with Gasteiger partial charge in [0.15, 0.2) is 0 Å². The number of hydrogen-bond acceptors (Lipinski definition) is 1. The molecule has 116 valence electrons. The average Bonchev–Trinajstić information content (AvgIpc) is 2.40. The van der Waals surface area contributed by atoms with Gasteiger partial charge in [0, 0.05) is 0 Å². The number of rotatable bonds is 3. The standard InChI is InChI=1S/C15H10ClF4NO/c16-10-5-3-7-12(14(10)15(18,19)20)21-13(22)8-9-4-1-2-6-11(9)17/h1-7H,8H2,(H,21,22). The number of nitrogens with one attached hydrogen (secondary N) is 1. The Morgan fingerprint density at radius 3 is 2.41 bits per heavy atom. The van der Waals surface area contributed by atoms with Crippen molar-refractivity contribution in [3.05, 3.63) is 64.4 Å². The highest BCUT2D eigenvalue weighted by Gasteiger charge is 2.36. The van der Waals surface area contributed by atoms with Gasteiger partial charge in [0.1, 0.15) is 5.82 Å². The highest BCUT2D eigenvalue weighted by molar-refractivity contribution is 6.32. The fraction of sp³-hybridized carbons (Fsp3) is 0.133. The van der Waals surface area contributed by atoms with Crippen LogP contribution in [-0.2, 0) is 17.4 Å². The summed E-state index contributed by atoms with van der Waals surface area (Å²) < 4.78 is 52.3. The highest BCUT2D eigenvalue weighted by atomic mass is 35.5. The molecule has 0 radical (unpaired) electrons. The van der Waals surface area contributed by atoms with Gasteiger partial charge in [0.25, 0.3) is 0 Å². The Morgan fingerprint density at radius 2 is 1.77 bits per heavy atom. The predicted octanol–water partition coefficient (Wildman–Crippen LogP) is 4.68. The molecule has 2 nitrogen and oxygen atoms in total. The van der Waals surface area contributed by atoms with Gasteiger partial charge in [0.05, 0.1) is 22.7 Å². The zero-order chi connectivity index (χ0) is 16.3. The maximum Gasteiger partial charge on any atom is 0.419 e. The molecule has 0 bridgehead atoms. The highest BCUT2D eigenvalue weighted by Crippen LogP contribution is 2.39. The number of benzene rings is 2. The van der Waals surface area contributed by atoms with Gasteiger partial charge < -0.3 is 5.32 Å². The third kappa shape index (κ3) is 3.76. The smallest absolute Gasteiger partial charge is 0.325 e. The lowest BCUT2D eigenvalue weighted by molar-refractivity contribution is -0.136. The van der Waals surface area contributed by atoms with Crippen LogP contribution in [0.4, 0.5) is 23.2 Å². The Balaban J connectivity index is 2.23. The number of alkyl halides is 3. The van der Waals surface area contributed by atoms with E-state index in [1.807, 2.05) is 0 Å². The summed E-state index contributed by atoms with van der Waals surface area (Å²) >= 11 is 5.55. The van der Waals surface area contributed by atoms with E-state index in [-0.39, 0.29) is 12.0 Å². The number of halogens is 5. The molecule has 22 heavy (non-hydrogen) atoms. The van der Waals surface area contributed by atoms with E-state index in [1.165, 1.54) is 30.3 Å². The molecule has 1 N–H and O–H groups in total. The van der Waals surface area contributed by atoms with Gasteiger partial charge >= 0.3 is 6.18 Å². The minimum Gasteiger partial charge on any atom is -0.325 e. The number of anilines is 1. The molecule has 0 atom stereocenters. The van der Waals surface area contributed by atoms with Crippen LogP contribution in [-0.4, -0.2) is 5.91 Å². The summed E-state index contributed by atoms with van der Waals surface area (Å²) in [5.41, 5.74) is -1.49. The molecule has 0 aliphatic carbocycles. The van der Waals surface area contributed by atoms with Crippen LogP contribution in [0.1, 0.15) is 11.1 Å². The van der Waals surface area contributed by atoms with Crippen LogP contribution >= 0.6 is 11.6 Å². The largest absolute Gasteiger partial charge is 0.419 e. The molecule has 2 aromatic rings. The molecular weight excluding hydrogens is 322 g/mol. The van der Waals surface area contributed by atoms with Crippen molar-refractivity contribution in [1.29, 1.82) is 0 Å². The zero-order valence-electron chi connectivity index (χ0n) is 11.0. The Morgan fingerprint density at radius 1 is 1.09 bits per heavy atom. The minimum absolute atomic E-state index is 0.0931. The van der Waals surface area contributed by atoms with Crippen LogP contribution in [0.25, 0.3) is 0 Å². The molecule has 0 saturated heterocycles. The van der Waals surface area contributed by atoms with Crippen molar-refractivity contribution < 1.29 is 22.4 Å². The number of hydrogen-bond donors (Lipinski definition) is 1. The van der Waals surface area contributed by atoms with Gasteiger partial charge in [-0.25, -0.2) is 4.39 Å². The van der Waals surface area contributed by atoms with Crippen LogP contribution in [0, 0.1) is 5.82 Å². The van der Waals surface area contributed by atoms with E-state index in [9.17, 15) is 22.4 Å². The third-order valence-electron chi connectivity index (χ3n) is 2.88. The van der Waals surface area contributed by atoms with E-state index in [2.05, 4.69) is 5.32 Å². The second-order valence-electron chi connectivity index (χ2n) is 4.48. The van der Waals surface area contributed by atoms with Gasteiger partial charge in [0.2, 0.25) is 5.91 Å². The first-order chi connectivity index (χ1) is 10.3. The molecule has 2 rings (SSSR count). The first-order valence-electron chi connectivity index (χ1n) is 6.18. The van der Waals surface area contributed by atoms with E-state index in [0.29, 0.717) is 0 Å². The fourth-order valence-corrected chi connectivity index (χ4v) is 2.21. The lowest BCUT2D eigenvalue weighted by Crippen LogP contribution is -2.19. The van der Waals surface area contributed by atoms with Crippen LogP contribution in [0.3, 0.4) is 0 Å². The van der Waals surface area contributed by atoms with Crippen molar-refractivity contribution in [2.75, 3.05) is 5.32 Å². The second-order valence-corrected chi connectivity index (χ2v) is 4.88. The summed E-state index contributed by atoms with van der Waals surface area (Å²) in [5, 5.41) is 1.61. The van der Waals surface area contributed by atoms with E-state index in [4.69, 9.17) is 11.6 Å². The molecule has 0 aliphatic rings. The molecule has 0 aromatic heterocycles. The van der Waals surface area contributed by atoms with E-state index < -0.39 is 34.2 Å². The molecule has 0 aliphatic heterocycles. The van der Waals surface area contributed by atoms with Gasteiger partial charge in [-0.2, -0.15) is 13.2 Å². The Kier molecular flexibility index (Phi) is 4.71. The van der Waals surface area contributed by atoms with E-state index in [1.54, 1.807) is 0 Å².